The fourth-order valence-electron chi connectivity index (χ4n) is 2.09. The first-order valence-corrected chi connectivity index (χ1v) is 5.21. The van der Waals surface area contributed by atoms with Crippen LogP contribution in [0.2, 0.25) is 0 Å². The number of benzene rings is 1. The number of hydrogen-bond donors (Lipinski definition) is 0. The number of hydrogen-bond acceptors (Lipinski definition) is 2. The monoisotopic (exact) mass is 246 g/mol. The van der Waals surface area contributed by atoms with Gasteiger partial charge >= 0.3 is 6.18 Å². The lowest BCUT2D eigenvalue weighted by Gasteiger charge is -2.07. The quantitative estimate of drug-likeness (QED) is 0.816. The smallest absolute Gasteiger partial charge is 0.378 e. The number of ether oxygens (including phenoxy) is 2. The van der Waals surface area contributed by atoms with Gasteiger partial charge in [-0.25, -0.2) is 0 Å². The second-order valence-corrected chi connectivity index (χ2v) is 4.05. The third kappa shape index (κ3) is 2.30. The van der Waals surface area contributed by atoms with Gasteiger partial charge in [0.25, 0.3) is 0 Å². The van der Waals surface area contributed by atoms with Crippen molar-refractivity contribution in [2.45, 2.75) is 24.3 Å². The molecule has 1 aromatic rings. The van der Waals surface area contributed by atoms with Crippen LogP contribution in [-0.2, 0) is 15.7 Å². The van der Waals surface area contributed by atoms with Crippen LogP contribution in [0.15, 0.2) is 24.3 Å². The second-order valence-electron chi connectivity index (χ2n) is 4.05. The van der Waals surface area contributed by atoms with E-state index in [0.717, 1.165) is 17.7 Å². The molecule has 1 fully saturated rings. The molecule has 0 spiro atoms. The zero-order valence-electron chi connectivity index (χ0n) is 9.49. The van der Waals surface area contributed by atoms with E-state index in [9.17, 15) is 13.2 Å². The summed E-state index contributed by atoms with van der Waals surface area (Å²) < 4.78 is 47.5. The maximum Gasteiger partial charge on any atom is 0.416 e. The minimum Gasteiger partial charge on any atom is -0.378 e. The lowest BCUT2D eigenvalue weighted by atomic mass is 10.1. The van der Waals surface area contributed by atoms with Crippen molar-refractivity contribution in [3.05, 3.63) is 35.4 Å². The molecule has 17 heavy (non-hydrogen) atoms. The molecule has 94 valence electrons. The summed E-state index contributed by atoms with van der Waals surface area (Å²) in [5.74, 6) is 0.0345. The Kier molecular flexibility index (Phi) is 3.14. The molecule has 1 aliphatic carbocycles. The Morgan fingerprint density at radius 3 is 1.76 bits per heavy atom. The molecule has 2 nitrogen and oxygen atoms in total. The average Bonchev–Trinajstić information content (AvgIpc) is 3.01. The predicted octanol–water partition coefficient (Wildman–Crippen LogP) is 2.83. The Labute approximate surface area is 97.3 Å². The lowest BCUT2D eigenvalue weighted by Crippen LogP contribution is -2.04. The van der Waals surface area contributed by atoms with E-state index >= 15 is 0 Å². The fraction of sp³-hybridized carbons (Fsp3) is 0.500. The maximum atomic E-state index is 12.4. The summed E-state index contributed by atoms with van der Waals surface area (Å²) in [6.07, 6.45) is -4.41. The Bertz CT molecular complexity index is 376. The van der Waals surface area contributed by atoms with Crippen molar-refractivity contribution in [1.82, 2.24) is 0 Å². The summed E-state index contributed by atoms with van der Waals surface area (Å²) in [7, 11) is 3.14. The number of halogens is 3. The first-order valence-electron chi connectivity index (χ1n) is 5.21. The lowest BCUT2D eigenvalue weighted by molar-refractivity contribution is -0.137. The molecule has 2 unspecified atom stereocenters. The van der Waals surface area contributed by atoms with Gasteiger partial charge in [-0.1, -0.05) is 12.1 Å². The largest absolute Gasteiger partial charge is 0.416 e. The molecular weight excluding hydrogens is 233 g/mol. The minimum absolute atomic E-state index is 0.0345. The third-order valence-electron chi connectivity index (χ3n) is 3.06. The van der Waals surface area contributed by atoms with Gasteiger partial charge in [-0.3, -0.25) is 0 Å². The SMILES string of the molecule is COC1C(OC)C1c1ccc(C(F)(F)F)cc1. The van der Waals surface area contributed by atoms with E-state index in [4.69, 9.17) is 9.47 Å². The molecule has 0 N–H and O–H groups in total. The first-order chi connectivity index (χ1) is 7.99. The standard InChI is InChI=1S/C12H13F3O2/c1-16-10-9(11(10)17-2)7-3-5-8(6-4-7)12(13,14)15/h3-6,9-11H,1-2H3. The van der Waals surface area contributed by atoms with Crippen molar-refractivity contribution in [2.24, 2.45) is 0 Å². The van der Waals surface area contributed by atoms with Crippen LogP contribution < -0.4 is 0 Å². The van der Waals surface area contributed by atoms with Gasteiger partial charge in [-0.15, -0.1) is 0 Å². The van der Waals surface area contributed by atoms with Crippen LogP contribution in [0.4, 0.5) is 13.2 Å². The number of alkyl halides is 3. The van der Waals surface area contributed by atoms with Crippen molar-refractivity contribution < 1.29 is 22.6 Å². The van der Waals surface area contributed by atoms with Crippen molar-refractivity contribution in [3.63, 3.8) is 0 Å². The normalized spacial score (nSPS) is 28.2. The van der Waals surface area contributed by atoms with Crippen molar-refractivity contribution in [1.29, 1.82) is 0 Å². The van der Waals surface area contributed by atoms with E-state index < -0.39 is 11.7 Å². The summed E-state index contributed by atoms with van der Waals surface area (Å²) in [6, 6.07) is 5.15. The van der Waals surface area contributed by atoms with Crippen LogP contribution >= 0.6 is 0 Å². The second kappa shape index (κ2) is 4.31. The number of rotatable bonds is 3. The molecule has 0 aliphatic heterocycles. The Balaban J connectivity index is 2.15. The molecule has 0 radical (unpaired) electrons. The number of methoxy groups -OCH3 is 2. The molecule has 1 saturated carbocycles. The van der Waals surface area contributed by atoms with E-state index in [1.165, 1.54) is 12.1 Å². The highest BCUT2D eigenvalue weighted by Gasteiger charge is 2.52. The first kappa shape index (κ1) is 12.4. The third-order valence-corrected chi connectivity index (χ3v) is 3.06. The van der Waals surface area contributed by atoms with Gasteiger partial charge in [0, 0.05) is 20.1 Å². The summed E-state index contributed by atoms with van der Waals surface area (Å²) in [5.41, 5.74) is 0.182. The minimum atomic E-state index is -4.29. The molecule has 1 aromatic carbocycles. The molecule has 1 aliphatic rings. The van der Waals surface area contributed by atoms with Gasteiger partial charge in [-0.05, 0) is 17.7 Å². The van der Waals surface area contributed by atoms with E-state index in [0.29, 0.717) is 0 Å². The van der Waals surface area contributed by atoms with Gasteiger partial charge < -0.3 is 9.47 Å². The molecule has 0 aromatic heterocycles. The van der Waals surface area contributed by atoms with Gasteiger partial charge in [0.2, 0.25) is 0 Å². The van der Waals surface area contributed by atoms with E-state index in [-0.39, 0.29) is 18.1 Å². The van der Waals surface area contributed by atoms with Gasteiger partial charge in [0.1, 0.15) is 0 Å². The highest BCUT2D eigenvalue weighted by Crippen LogP contribution is 2.45. The molecule has 0 bridgehead atoms. The van der Waals surface area contributed by atoms with Crippen LogP contribution in [0.3, 0.4) is 0 Å². The fourth-order valence-corrected chi connectivity index (χ4v) is 2.09. The zero-order valence-corrected chi connectivity index (χ0v) is 9.49. The highest BCUT2D eigenvalue weighted by atomic mass is 19.4. The zero-order chi connectivity index (χ0) is 12.6. The Morgan fingerprint density at radius 2 is 1.41 bits per heavy atom. The molecule has 0 amide bonds. The maximum absolute atomic E-state index is 12.4. The van der Waals surface area contributed by atoms with Crippen LogP contribution in [0.25, 0.3) is 0 Å². The van der Waals surface area contributed by atoms with Crippen LogP contribution in [0.5, 0.6) is 0 Å². The topological polar surface area (TPSA) is 18.5 Å². The Morgan fingerprint density at radius 1 is 0.941 bits per heavy atom. The summed E-state index contributed by atoms with van der Waals surface area (Å²) in [5, 5.41) is 0. The summed E-state index contributed by atoms with van der Waals surface area (Å²) in [4.78, 5) is 0. The van der Waals surface area contributed by atoms with Crippen LogP contribution in [0, 0.1) is 0 Å². The molecule has 0 saturated heterocycles. The van der Waals surface area contributed by atoms with Gasteiger partial charge in [0.15, 0.2) is 0 Å². The molecule has 0 heterocycles. The average molecular weight is 246 g/mol. The van der Waals surface area contributed by atoms with Crippen LogP contribution in [0.1, 0.15) is 17.0 Å². The Hall–Kier alpha value is -1.07. The molecule has 5 heteroatoms. The van der Waals surface area contributed by atoms with E-state index in [2.05, 4.69) is 0 Å². The van der Waals surface area contributed by atoms with E-state index in [1.807, 2.05) is 0 Å². The van der Waals surface area contributed by atoms with Crippen molar-refractivity contribution >= 4 is 0 Å². The highest BCUT2D eigenvalue weighted by molar-refractivity contribution is 5.34. The predicted molar refractivity (Wildman–Crippen MR) is 55.8 cm³/mol. The van der Waals surface area contributed by atoms with Crippen molar-refractivity contribution in [2.75, 3.05) is 14.2 Å². The molecule has 2 atom stereocenters. The van der Waals surface area contributed by atoms with E-state index in [1.54, 1.807) is 14.2 Å². The van der Waals surface area contributed by atoms with Crippen LogP contribution in [-0.4, -0.2) is 26.4 Å². The van der Waals surface area contributed by atoms with Gasteiger partial charge in [-0.2, -0.15) is 13.2 Å². The van der Waals surface area contributed by atoms with Gasteiger partial charge in [0.05, 0.1) is 17.8 Å². The van der Waals surface area contributed by atoms with Crippen molar-refractivity contribution in [3.8, 4) is 0 Å². The molecule has 2 rings (SSSR count). The summed E-state index contributed by atoms with van der Waals surface area (Å²) in [6.45, 7) is 0. The summed E-state index contributed by atoms with van der Waals surface area (Å²) >= 11 is 0. The molecular formula is C12H13F3O2.